The maximum Gasteiger partial charge on any atom is 0.145 e. The van der Waals surface area contributed by atoms with E-state index in [4.69, 9.17) is 14.7 Å². The minimum Gasteiger partial charge on any atom is -0.379 e. The molecule has 1 aliphatic carbocycles. The van der Waals surface area contributed by atoms with Crippen molar-refractivity contribution in [2.75, 3.05) is 31.6 Å². The van der Waals surface area contributed by atoms with Crippen molar-refractivity contribution >= 4 is 16.7 Å². The highest BCUT2D eigenvalue weighted by Gasteiger charge is 2.17. The molecule has 2 aliphatic rings. The number of nitrogens with one attached hydrogen (secondary N) is 1. The lowest BCUT2D eigenvalue weighted by Gasteiger charge is -2.26. The van der Waals surface area contributed by atoms with Crippen LogP contribution in [-0.4, -0.2) is 47.2 Å². The molecule has 1 aromatic carbocycles. The predicted molar refractivity (Wildman–Crippen MR) is 101 cm³/mol. The van der Waals surface area contributed by atoms with E-state index < -0.39 is 0 Å². The van der Waals surface area contributed by atoms with Gasteiger partial charge in [-0.2, -0.15) is 0 Å². The number of benzene rings is 1. The number of rotatable bonds is 4. The SMILES string of the molecule is c1ccc2c(NC3CCCCCC3)nc(CN3CCOCC3)nc2c1. The Balaban J connectivity index is 1.58. The Morgan fingerprint density at radius 1 is 1.00 bits per heavy atom. The van der Waals surface area contributed by atoms with Crippen molar-refractivity contribution in [3.05, 3.63) is 30.1 Å². The molecule has 0 bridgehead atoms. The van der Waals surface area contributed by atoms with Crippen molar-refractivity contribution in [1.29, 1.82) is 0 Å². The molecule has 0 spiro atoms. The first-order valence-corrected chi connectivity index (χ1v) is 9.71. The van der Waals surface area contributed by atoms with Gasteiger partial charge in [0.15, 0.2) is 0 Å². The molecule has 4 rings (SSSR count). The van der Waals surface area contributed by atoms with E-state index in [2.05, 4.69) is 34.5 Å². The average Bonchev–Trinajstić information content (AvgIpc) is 2.91. The summed E-state index contributed by atoms with van der Waals surface area (Å²) in [5.74, 6) is 1.93. The summed E-state index contributed by atoms with van der Waals surface area (Å²) in [5.41, 5.74) is 1.04. The minimum absolute atomic E-state index is 0.539. The maximum atomic E-state index is 5.45. The third kappa shape index (κ3) is 4.28. The number of aromatic nitrogens is 2. The zero-order valence-electron chi connectivity index (χ0n) is 14.9. The van der Waals surface area contributed by atoms with Gasteiger partial charge in [0.25, 0.3) is 0 Å². The van der Waals surface area contributed by atoms with E-state index in [0.717, 1.165) is 55.4 Å². The van der Waals surface area contributed by atoms with E-state index in [1.165, 1.54) is 38.5 Å². The van der Waals surface area contributed by atoms with Gasteiger partial charge in [-0.15, -0.1) is 0 Å². The van der Waals surface area contributed by atoms with Gasteiger partial charge in [-0.1, -0.05) is 37.8 Å². The molecule has 0 atom stereocenters. The first-order chi connectivity index (χ1) is 12.4. The molecule has 2 heterocycles. The van der Waals surface area contributed by atoms with Crippen molar-refractivity contribution in [3.8, 4) is 0 Å². The number of ether oxygens (including phenoxy) is 1. The number of hydrogen-bond acceptors (Lipinski definition) is 5. The van der Waals surface area contributed by atoms with Crippen LogP contribution in [0.25, 0.3) is 10.9 Å². The van der Waals surface area contributed by atoms with Gasteiger partial charge in [-0.05, 0) is 25.0 Å². The van der Waals surface area contributed by atoms with Crippen LogP contribution in [-0.2, 0) is 11.3 Å². The summed E-state index contributed by atoms with van der Waals surface area (Å²) < 4.78 is 5.45. The van der Waals surface area contributed by atoms with Crippen molar-refractivity contribution < 1.29 is 4.74 Å². The summed E-state index contributed by atoms with van der Waals surface area (Å²) in [4.78, 5) is 12.1. The van der Waals surface area contributed by atoms with Crippen LogP contribution in [0.3, 0.4) is 0 Å². The Kier molecular flexibility index (Phi) is 5.43. The summed E-state index contributed by atoms with van der Waals surface area (Å²) in [6.45, 7) is 4.33. The summed E-state index contributed by atoms with van der Waals surface area (Å²) >= 11 is 0. The molecule has 134 valence electrons. The van der Waals surface area contributed by atoms with E-state index in [1.807, 2.05) is 0 Å². The second-order valence-corrected chi connectivity index (χ2v) is 7.23. The highest BCUT2D eigenvalue weighted by molar-refractivity contribution is 5.89. The van der Waals surface area contributed by atoms with E-state index in [9.17, 15) is 0 Å². The van der Waals surface area contributed by atoms with Gasteiger partial charge in [0.1, 0.15) is 11.6 Å². The maximum absolute atomic E-state index is 5.45. The topological polar surface area (TPSA) is 50.3 Å². The van der Waals surface area contributed by atoms with Crippen LogP contribution in [0.1, 0.15) is 44.3 Å². The fourth-order valence-corrected chi connectivity index (χ4v) is 3.88. The summed E-state index contributed by atoms with van der Waals surface area (Å²) in [6.07, 6.45) is 7.87. The molecule has 2 aromatic rings. The zero-order chi connectivity index (χ0) is 16.9. The van der Waals surface area contributed by atoms with Crippen LogP contribution in [0, 0.1) is 0 Å². The molecule has 0 unspecified atom stereocenters. The van der Waals surface area contributed by atoms with Crippen molar-refractivity contribution in [1.82, 2.24) is 14.9 Å². The van der Waals surface area contributed by atoms with Crippen molar-refractivity contribution in [2.24, 2.45) is 0 Å². The highest BCUT2D eigenvalue weighted by atomic mass is 16.5. The smallest absolute Gasteiger partial charge is 0.145 e. The molecule has 1 saturated carbocycles. The number of para-hydroxylation sites is 1. The van der Waals surface area contributed by atoms with Crippen LogP contribution >= 0.6 is 0 Å². The molecule has 0 radical (unpaired) electrons. The van der Waals surface area contributed by atoms with Crippen LogP contribution < -0.4 is 5.32 Å². The quantitative estimate of drug-likeness (QED) is 0.862. The Morgan fingerprint density at radius 3 is 2.56 bits per heavy atom. The van der Waals surface area contributed by atoms with E-state index in [1.54, 1.807) is 0 Å². The minimum atomic E-state index is 0.539. The second kappa shape index (κ2) is 8.11. The Hall–Kier alpha value is -1.72. The van der Waals surface area contributed by atoms with Gasteiger partial charge < -0.3 is 10.1 Å². The number of morpholine rings is 1. The van der Waals surface area contributed by atoms with Crippen molar-refractivity contribution in [2.45, 2.75) is 51.1 Å². The molecule has 1 saturated heterocycles. The summed E-state index contributed by atoms with van der Waals surface area (Å²) in [7, 11) is 0. The number of hydrogen-bond donors (Lipinski definition) is 1. The molecule has 5 heteroatoms. The van der Waals surface area contributed by atoms with Crippen LogP contribution in [0.4, 0.5) is 5.82 Å². The zero-order valence-corrected chi connectivity index (χ0v) is 14.9. The van der Waals surface area contributed by atoms with Gasteiger partial charge in [0, 0.05) is 24.5 Å². The lowest BCUT2D eigenvalue weighted by Crippen LogP contribution is -2.36. The fraction of sp³-hybridized carbons (Fsp3) is 0.600. The van der Waals surface area contributed by atoms with Gasteiger partial charge >= 0.3 is 0 Å². The average molecular weight is 340 g/mol. The summed E-state index contributed by atoms with van der Waals surface area (Å²) in [6, 6.07) is 8.90. The van der Waals surface area contributed by atoms with Crippen LogP contribution in [0.5, 0.6) is 0 Å². The third-order valence-corrected chi connectivity index (χ3v) is 5.31. The molecular formula is C20H28N4O. The Labute approximate surface area is 149 Å². The molecule has 25 heavy (non-hydrogen) atoms. The van der Waals surface area contributed by atoms with E-state index in [0.29, 0.717) is 6.04 Å². The predicted octanol–water partition coefficient (Wildman–Crippen LogP) is 3.60. The molecule has 5 nitrogen and oxygen atoms in total. The highest BCUT2D eigenvalue weighted by Crippen LogP contribution is 2.25. The lowest BCUT2D eigenvalue weighted by molar-refractivity contribution is 0.0331. The van der Waals surface area contributed by atoms with Crippen molar-refractivity contribution in [3.63, 3.8) is 0 Å². The van der Waals surface area contributed by atoms with Gasteiger partial charge in [0.2, 0.25) is 0 Å². The molecular weight excluding hydrogens is 312 g/mol. The van der Waals surface area contributed by atoms with Gasteiger partial charge in [-0.25, -0.2) is 9.97 Å². The molecule has 1 aromatic heterocycles. The molecule has 1 N–H and O–H groups in total. The first kappa shape index (κ1) is 16.7. The molecule has 2 fully saturated rings. The normalized spacial score (nSPS) is 20.5. The second-order valence-electron chi connectivity index (χ2n) is 7.23. The fourth-order valence-electron chi connectivity index (χ4n) is 3.88. The monoisotopic (exact) mass is 340 g/mol. The standard InChI is InChI=1S/C20H28N4O/c1-2-4-8-16(7-3-1)21-20-17-9-5-6-10-18(17)22-19(23-20)15-24-11-13-25-14-12-24/h5-6,9-10,16H,1-4,7-8,11-15H2,(H,21,22,23). The number of fused-ring (bicyclic) bond motifs is 1. The Morgan fingerprint density at radius 2 is 1.76 bits per heavy atom. The first-order valence-electron chi connectivity index (χ1n) is 9.71. The molecule has 1 aliphatic heterocycles. The summed E-state index contributed by atoms with van der Waals surface area (Å²) in [5, 5.41) is 4.88. The van der Waals surface area contributed by atoms with Crippen LogP contribution in [0.2, 0.25) is 0 Å². The van der Waals surface area contributed by atoms with Crippen LogP contribution in [0.15, 0.2) is 24.3 Å². The van der Waals surface area contributed by atoms with Gasteiger partial charge in [0.05, 0.1) is 25.3 Å². The largest absolute Gasteiger partial charge is 0.379 e. The van der Waals surface area contributed by atoms with E-state index in [-0.39, 0.29) is 0 Å². The number of nitrogens with zero attached hydrogens (tertiary/aromatic N) is 3. The lowest BCUT2D eigenvalue weighted by atomic mass is 10.1. The molecule has 0 amide bonds. The third-order valence-electron chi connectivity index (χ3n) is 5.31. The number of anilines is 1. The van der Waals surface area contributed by atoms with Gasteiger partial charge in [-0.3, -0.25) is 4.90 Å². The Bertz CT molecular complexity index is 691. The van der Waals surface area contributed by atoms with E-state index >= 15 is 0 Å².